The van der Waals surface area contributed by atoms with E-state index in [1.54, 1.807) is 0 Å². The largest absolute Gasteiger partial charge is 0.475 e. The molecule has 0 aliphatic carbocycles. The Morgan fingerprint density at radius 2 is 1.89 bits per heavy atom. The fourth-order valence-corrected chi connectivity index (χ4v) is 2.65. The van der Waals surface area contributed by atoms with Gasteiger partial charge in [0.25, 0.3) is 0 Å². The van der Waals surface area contributed by atoms with Gasteiger partial charge in [-0.05, 0) is 36.8 Å². The highest BCUT2D eigenvalue weighted by molar-refractivity contribution is 5.13. The molecule has 0 aromatic heterocycles. The molecule has 1 heterocycles. The molecule has 19 heavy (non-hydrogen) atoms. The topological polar surface area (TPSA) is 12.5 Å². The molecular formula is C17H25NO. The van der Waals surface area contributed by atoms with Crippen molar-refractivity contribution in [3.05, 3.63) is 48.4 Å². The number of hydrogen-bond acceptors (Lipinski definition) is 2. The third-order valence-electron chi connectivity index (χ3n) is 4.08. The first-order valence-corrected chi connectivity index (χ1v) is 7.27. The van der Waals surface area contributed by atoms with Crippen molar-refractivity contribution in [2.45, 2.75) is 33.3 Å². The van der Waals surface area contributed by atoms with E-state index < -0.39 is 0 Å². The summed E-state index contributed by atoms with van der Waals surface area (Å²) in [6.45, 7) is 11.5. The van der Waals surface area contributed by atoms with Crippen LogP contribution in [0.2, 0.25) is 0 Å². The van der Waals surface area contributed by atoms with Crippen LogP contribution in [0.25, 0.3) is 0 Å². The quantitative estimate of drug-likeness (QED) is 0.740. The van der Waals surface area contributed by atoms with Crippen molar-refractivity contribution in [3.63, 3.8) is 0 Å². The van der Waals surface area contributed by atoms with E-state index in [2.05, 4.69) is 37.5 Å². The van der Waals surface area contributed by atoms with E-state index in [1.165, 1.54) is 18.4 Å². The lowest BCUT2D eigenvalue weighted by Gasteiger charge is -2.35. The fraction of sp³-hybridized carbons (Fsp3) is 0.529. The average Bonchev–Trinajstić information content (AvgIpc) is 2.46. The highest BCUT2D eigenvalue weighted by Gasteiger charge is 2.22. The minimum Gasteiger partial charge on any atom is -0.475 e. The zero-order valence-corrected chi connectivity index (χ0v) is 12.1. The summed E-state index contributed by atoms with van der Waals surface area (Å²) in [5.74, 6) is 2.48. The van der Waals surface area contributed by atoms with Crippen molar-refractivity contribution in [1.29, 1.82) is 0 Å². The van der Waals surface area contributed by atoms with E-state index in [-0.39, 0.29) is 0 Å². The Morgan fingerprint density at radius 3 is 2.47 bits per heavy atom. The Balaban J connectivity index is 1.76. The van der Waals surface area contributed by atoms with Crippen LogP contribution in [-0.2, 0) is 11.3 Å². The second kappa shape index (κ2) is 6.65. The molecule has 0 unspecified atom stereocenters. The first-order chi connectivity index (χ1) is 9.16. The highest BCUT2D eigenvalue weighted by atomic mass is 16.5. The van der Waals surface area contributed by atoms with Gasteiger partial charge in [0.15, 0.2) is 5.88 Å². The van der Waals surface area contributed by atoms with Crippen LogP contribution in [0.5, 0.6) is 0 Å². The number of likely N-dealkylation sites (tertiary alicyclic amines) is 1. The number of nitrogens with zero attached hydrogens (tertiary/aromatic N) is 1. The molecular weight excluding hydrogens is 234 g/mol. The summed E-state index contributed by atoms with van der Waals surface area (Å²) >= 11 is 0. The molecule has 2 heteroatoms. The highest BCUT2D eigenvalue weighted by Crippen LogP contribution is 2.26. The first kappa shape index (κ1) is 14.0. The Labute approximate surface area is 117 Å². The number of hydrogen-bond donors (Lipinski definition) is 0. The van der Waals surface area contributed by atoms with E-state index >= 15 is 0 Å². The molecule has 104 valence electrons. The van der Waals surface area contributed by atoms with Crippen molar-refractivity contribution in [2.75, 3.05) is 13.1 Å². The Bertz CT molecular complexity index is 391. The number of piperidine rings is 1. The monoisotopic (exact) mass is 259 g/mol. The van der Waals surface area contributed by atoms with Crippen molar-refractivity contribution >= 4 is 0 Å². The van der Waals surface area contributed by atoms with Gasteiger partial charge >= 0.3 is 0 Å². The molecule has 1 saturated heterocycles. The smallest absolute Gasteiger partial charge is 0.182 e. The SMILES string of the molecule is C=C(OCc1ccccc1)N1CCC(C(C)C)CC1. The summed E-state index contributed by atoms with van der Waals surface area (Å²) < 4.78 is 5.79. The average molecular weight is 259 g/mol. The second-order valence-electron chi connectivity index (χ2n) is 5.74. The Morgan fingerprint density at radius 1 is 1.26 bits per heavy atom. The minimum atomic E-state index is 0.615. The molecule has 0 bridgehead atoms. The van der Waals surface area contributed by atoms with Gasteiger partial charge in [0.2, 0.25) is 0 Å². The van der Waals surface area contributed by atoms with E-state index in [4.69, 9.17) is 4.74 Å². The fourth-order valence-electron chi connectivity index (χ4n) is 2.65. The summed E-state index contributed by atoms with van der Waals surface area (Å²) in [5.41, 5.74) is 1.20. The van der Waals surface area contributed by atoms with Crippen LogP contribution >= 0.6 is 0 Å². The maximum atomic E-state index is 5.79. The third kappa shape index (κ3) is 4.02. The van der Waals surface area contributed by atoms with Gasteiger partial charge in [-0.2, -0.15) is 0 Å². The molecule has 1 aliphatic heterocycles. The standard InChI is InChI=1S/C17H25NO/c1-14(2)17-9-11-18(12-10-17)15(3)19-13-16-7-5-4-6-8-16/h4-8,14,17H,3,9-13H2,1-2H3. The maximum Gasteiger partial charge on any atom is 0.182 e. The first-order valence-electron chi connectivity index (χ1n) is 7.27. The molecule has 1 aromatic rings. The zero-order chi connectivity index (χ0) is 13.7. The molecule has 1 aromatic carbocycles. The lowest BCUT2D eigenvalue weighted by molar-refractivity contribution is 0.0737. The molecule has 0 radical (unpaired) electrons. The van der Waals surface area contributed by atoms with E-state index in [0.29, 0.717) is 6.61 Å². The predicted molar refractivity (Wildman–Crippen MR) is 79.5 cm³/mol. The lowest BCUT2D eigenvalue weighted by atomic mass is 9.87. The van der Waals surface area contributed by atoms with Gasteiger partial charge < -0.3 is 9.64 Å². The second-order valence-corrected chi connectivity index (χ2v) is 5.74. The molecule has 0 saturated carbocycles. The Hall–Kier alpha value is -1.44. The molecule has 1 fully saturated rings. The summed E-state index contributed by atoms with van der Waals surface area (Å²) in [4.78, 5) is 2.28. The summed E-state index contributed by atoms with van der Waals surface area (Å²) in [6.07, 6.45) is 2.51. The molecule has 0 N–H and O–H groups in total. The van der Waals surface area contributed by atoms with Gasteiger partial charge in [0.1, 0.15) is 6.61 Å². The van der Waals surface area contributed by atoms with E-state index in [1.807, 2.05) is 18.2 Å². The van der Waals surface area contributed by atoms with Gasteiger partial charge in [-0.3, -0.25) is 0 Å². The predicted octanol–water partition coefficient (Wildman–Crippen LogP) is 4.04. The number of benzene rings is 1. The van der Waals surface area contributed by atoms with Crippen molar-refractivity contribution in [2.24, 2.45) is 11.8 Å². The van der Waals surface area contributed by atoms with Crippen LogP contribution < -0.4 is 0 Å². The lowest BCUT2D eigenvalue weighted by Crippen LogP contribution is -2.35. The summed E-state index contributed by atoms with van der Waals surface area (Å²) in [6, 6.07) is 10.3. The summed E-state index contributed by atoms with van der Waals surface area (Å²) in [5, 5.41) is 0. The van der Waals surface area contributed by atoms with Crippen LogP contribution in [0.4, 0.5) is 0 Å². The summed E-state index contributed by atoms with van der Waals surface area (Å²) in [7, 11) is 0. The molecule has 0 spiro atoms. The van der Waals surface area contributed by atoms with Gasteiger partial charge in [0.05, 0.1) is 0 Å². The van der Waals surface area contributed by atoms with Gasteiger partial charge in [-0.15, -0.1) is 0 Å². The number of rotatable bonds is 5. The Kier molecular flexibility index (Phi) is 4.89. The van der Waals surface area contributed by atoms with E-state index in [9.17, 15) is 0 Å². The van der Waals surface area contributed by atoms with Crippen molar-refractivity contribution < 1.29 is 4.74 Å². The van der Waals surface area contributed by atoms with Gasteiger partial charge in [-0.1, -0.05) is 44.2 Å². The molecule has 0 atom stereocenters. The normalized spacial score (nSPS) is 16.7. The van der Waals surface area contributed by atoms with Crippen LogP contribution in [-0.4, -0.2) is 18.0 Å². The maximum absolute atomic E-state index is 5.79. The van der Waals surface area contributed by atoms with Gasteiger partial charge in [-0.25, -0.2) is 0 Å². The molecule has 1 aliphatic rings. The molecule has 2 nitrogen and oxygen atoms in total. The van der Waals surface area contributed by atoms with Crippen LogP contribution in [0, 0.1) is 11.8 Å². The zero-order valence-electron chi connectivity index (χ0n) is 12.1. The van der Waals surface area contributed by atoms with Crippen molar-refractivity contribution in [3.8, 4) is 0 Å². The van der Waals surface area contributed by atoms with E-state index in [0.717, 1.165) is 30.8 Å². The van der Waals surface area contributed by atoms with Gasteiger partial charge in [0, 0.05) is 13.1 Å². The minimum absolute atomic E-state index is 0.615. The van der Waals surface area contributed by atoms with Crippen LogP contribution in [0.1, 0.15) is 32.3 Å². The molecule has 0 amide bonds. The van der Waals surface area contributed by atoms with Crippen LogP contribution in [0.15, 0.2) is 42.8 Å². The third-order valence-corrected chi connectivity index (χ3v) is 4.08. The van der Waals surface area contributed by atoms with Crippen molar-refractivity contribution in [1.82, 2.24) is 4.90 Å². The van der Waals surface area contributed by atoms with Crippen LogP contribution in [0.3, 0.4) is 0 Å². The number of ether oxygens (including phenoxy) is 1. The molecule has 2 rings (SSSR count).